The zero-order valence-electron chi connectivity index (χ0n) is 21.2. The van der Waals surface area contributed by atoms with Crippen molar-refractivity contribution in [2.45, 2.75) is 38.6 Å². The standard InChI is InChI=1S/C30H29NO8/c32-27(23-15-25(29(35)36)26(30(37)38)16-24(23)28(33)34)31(17-19-7-3-1-4-8-19)18-20-11-13-22(14-12-20)39-21-9-5-2-6-10-21/h2,5-6,9-16,19H,1,3-4,7-8,17-18H2,(H,33,34)(H,35,36)(H,37,38). The monoisotopic (exact) mass is 531 g/mol. The molecule has 0 saturated heterocycles. The fourth-order valence-electron chi connectivity index (χ4n) is 4.89. The van der Waals surface area contributed by atoms with E-state index in [9.17, 15) is 34.5 Å². The summed E-state index contributed by atoms with van der Waals surface area (Å²) >= 11 is 0. The lowest BCUT2D eigenvalue weighted by molar-refractivity contribution is 0.0639. The second-order valence-electron chi connectivity index (χ2n) is 9.61. The summed E-state index contributed by atoms with van der Waals surface area (Å²) in [7, 11) is 0. The predicted octanol–water partition coefficient (Wildman–Crippen LogP) is 5.80. The second kappa shape index (κ2) is 12.3. The summed E-state index contributed by atoms with van der Waals surface area (Å²) in [6.45, 7) is 0.520. The molecule has 39 heavy (non-hydrogen) atoms. The van der Waals surface area contributed by atoms with Crippen LogP contribution in [-0.2, 0) is 6.54 Å². The molecule has 0 radical (unpaired) electrons. The van der Waals surface area contributed by atoms with Gasteiger partial charge in [-0.25, -0.2) is 14.4 Å². The Kier molecular flexibility index (Phi) is 8.60. The van der Waals surface area contributed by atoms with Crippen molar-refractivity contribution in [3.63, 3.8) is 0 Å². The van der Waals surface area contributed by atoms with Crippen LogP contribution in [0.2, 0.25) is 0 Å². The number of rotatable bonds is 10. The van der Waals surface area contributed by atoms with Crippen molar-refractivity contribution in [3.05, 3.63) is 94.5 Å². The molecule has 0 spiro atoms. The van der Waals surface area contributed by atoms with Crippen LogP contribution in [0.3, 0.4) is 0 Å². The van der Waals surface area contributed by atoms with Crippen LogP contribution in [0.4, 0.5) is 0 Å². The van der Waals surface area contributed by atoms with Gasteiger partial charge in [0.05, 0.1) is 22.3 Å². The minimum absolute atomic E-state index is 0.156. The minimum Gasteiger partial charge on any atom is -0.478 e. The first kappa shape index (κ1) is 27.4. The largest absolute Gasteiger partial charge is 0.478 e. The third-order valence-corrected chi connectivity index (χ3v) is 6.85. The molecule has 9 heteroatoms. The Bertz CT molecular complexity index is 1360. The fourth-order valence-corrected chi connectivity index (χ4v) is 4.89. The van der Waals surface area contributed by atoms with E-state index >= 15 is 0 Å². The van der Waals surface area contributed by atoms with E-state index in [1.54, 1.807) is 12.1 Å². The number of amides is 1. The summed E-state index contributed by atoms with van der Waals surface area (Å²) in [6, 6.07) is 18.1. The Morgan fingerprint density at radius 3 is 1.77 bits per heavy atom. The summed E-state index contributed by atoms with van der Waals surface area (Å²) < 4.78 is 5.84. The van der Waals surface area contributed by atoms with E-state index in [1.807, 2.05) is 42.5 Å². The van der Waals surface area contributed by atoms with Crippen LogP contribution < -0.4 is 4.74 Å². The molecule has 1 fully saturated rings. The van der Waals surface area contributed by atoms with Gasteiger partial charge in [-0.3, -0.25) is 4.79 Å². The Morgan fingerprint density at radius 1 is 0.692 bits per heavy atom. The highest BCUT2D eigenvalue weighted by atomic mass is 16.5. The molecule has 0 bridgehead atoms. The SMILES string of the molecule is O=C(O)c1cc(C(=O)O)c(C(=O)N(Cc2ccc(Oc3ccccc3)cc2)CC2CCCCC2)cc1C(=O)O. The topological polar surface area (TPSA) is 141 Å². The van der Waals surface area contributed by atoms with Crippen LogP contribution in [0.1, 0.15) is 79.1 Å². The highest BCUT2D eigenvalue weighted by Crippen LogP contribution is 2.28. The molecular formula is C30H29NO8. The number of nitrogens with zero attached hydrogens (tertiary/aromatic N) is 1. The lowest BCUT2D eigenvalue weighted by Crippen LogP contribution is -2.36. The van der Waals surface area contributed by atoms with Crippen LogP contribution in [0.25, 0.3) is 0 Å². The van der Waals surface area contributed by atoms with Gasteiger partial charge in [-0.2, -0.15) is 0 Å². The van der Waals surface area contributed by atoms with Crippen molar-refractivity contribution in [2.24, 2.45) is 5.92 Å². The number of hydrogen-bond acceptors (Lipinski definition) is 5. The number of ether oxygens (including phenoxy) is 1. The van der Waals surface area contributed by atoms with Gasteiger partial charge in [-0.05, 0) is 60.7 Å². The molecule has 3 N–H and O–H groups in total. The number of aromatic carboxylic acids is 3. The smallest absolute Gasteiger partial charge is 0.336 e. The first-order valence-corrected chi connectivity index (χ1v) is 12.7. The number of carboxylic acid groups (broad SMARTS) is 3. The van der Waals surface area contributed by atoms with E-state index in [-0.39, 0.29) is 18.0 Å². The predicted molar refractivity (Wildman–Crippen MR) is 142 cm³/mol. The molecule has 0 heterocycles. The number of benzene rings is 3. The van der Waals surface area contributed by atoms with Gasteiger partial charge >= 0.3 is 17.9 Å². The molecule has 202 valence electrons. The lowest BCUT2D eigenvalue weighted by atomic mass is 9.88. The van der Waals surface area contributed by atoms with Crippen LogP contribution in [0.5, 0.6) is 11.5 Å². The van der Waals surface area contributed by atoms with Gasteiger partial charge < -0.3 is 25.0 Å². The van der Waals surface area contributed by atoms with E-state index in [2.05, 4.69) is 0 Å². The fraction of sp³-hybridized carbons (Fsp3) is 0.267. The van der Waals surface area contributed by atoms with Gasteiger partial charge in [0, 0.05) is 13.1 Å². The molecule has 1 saturated carbocycles. The van der Waals surface area contributed by atoms with E-state index in [0.29, 0.717) is 18.0 Å². The molecule has 0 atom stereocenters. The van der Waals surface area contributed by atoms with Gasteiger partial charge in [0.25, 0.3) is 5.91 Å². The molecule has 4 rings (SSSR count). The van der Waals surface area contributed by atoms with Crippen LogP contribution in [0, 0.1) is 5.92 Å². The summed E-state index contributed by atoms with van der Waals surface area (Å²) in [4.78, 5) is 50.7. The van der Waals surface area contributed by atoms with Crippen molar-refractivity contribution in [1.29, 1.82) is 0 Å². The van der Waals surface area contributed by atoms with E-state index in [0.717, 1.165) is 49.8 Å². The van der Waals surface area contributed by atoms with Crippen molar-refractivity contribution in [1.82, 2.24) is 4.90 Å². The zero-order chi connectivity index (χ0) is 27.9. The summed E-state index contributed by atoms with van der Waals surface area (Å²) in [6.07, 6.45) is 5.05. The lowest BCUT2D eigenvalue weighted by Gasteiger charge is -2.30. The van der Waals surface area contributed by atoms with E-state index in [4.69, 9.17) is 4.74 Å². The van der Waals surface area contributed by atoms with Crippen molar-refractivity contribution in [2.75, 3.05) is 6.54 Å². The van der Waals surface area contributed by atoms with E-state index in [1.165, 1.54) is 4.90 Å². The first-order valence-electron chi connectivity index (χ1n) is 12.7. The highest BCUT2D eigenvalue weighted by molar-refractivity contribution is 6.10. The molecule has 3 aromatic rings. The number of carbonyl (C=O) groups excluding carboxylic acids is 1. The molecule has 9 nitrogen and oxygen atoms in total. The zero-order valence-corrected chi connectivity index (χ0v) is 21.2. The molecule has 0 aromatic heterocycles. The molecule has 1 aliphatic carbocycles. The first-order chi connectivity index (χ1) is 18.7. The average molecular weight is 532 g/mol. The number of carboxylic acids is 3. The number of carbonyl (C=O) groups is 4. The van der Waals surface area contributed by atoms with E-state index < -0.39 is 40.5 Å². The Labute approximate surface area is 225 Å². The van der Waals surface area contributed by atoms with Crippen molar-refractivity contribution >= 4 is 23.8 Å². The second-order valence-corrected chi connectivity index (χ2v) is 9.61. The van der Waals surface area contributed by atoms with Crippen molar-refractivity contribution in [3.8, 4) is 11.5 Å². The van der Waals surface area contributed by atoms with Gasteiger partial charge in [-0.15, -0.1) is 0 Å². The molecular weight excluding hydrogens is 502 g/mol. The highest BCUT2D eigenvalue weighted by Gasteiger charge is 2.29. The number of para-hydroxylation sites is 1. The third kappa shape index (κ3) is 6.81. The summed E-state index contributed by atoms with van der Waals surface area (Å²) in [5.41, 5.74) is -1.47. The Morgan fingerprint density at radius 2 is 1.21 bits per heavy atom. The van der Waals surface area contributed by atoms with Gasteiger partial charge in [0.2, 0.25) is 0 Å². The van der Waals surface area contributed by atoms with Crippen LogP contribution in [-0.4, -0.2) is 50.6 Å². The summed E-state index contributed by atoms with van der Waals surface area (Å²) in [5.74, 6) is -3.83. The molecule has 1 amide bonds. The Hall–Kier alpha value is -4.66. The quantitative estimate of drug-likeness (QED) is 0.298. The van der Waals surface area contributed by atoms with Crippen LogP contribution >= 0.6 is 0 Å². The Balaban J connectivity index is 1.66. The molecule has 0 unspecified atom stereocenters. The van der Waals surface area contributed by atoms with Crippen LogP contribution in [0.15, 0.2) is 66.7 Å². The summed E-state index contributed by atoms with van der Waals surface area (Å²) in [5, 5.41) is 28.8. The van der Waals surface area contributed by atoms with Gasteiger partial charge in [-0.1, -0.05) is 49.6 Å². The van der Waals surface area contributed by atoms with Gasteiger partial charge in [0.15, 0.2) is 0 Å². The normalized spacial score (nSPS) is 13.4. The van der Waals surface area contributed by atoms with Gasteiger partial charge in [0.1, 0.15) is 11.5 Å². The van der Waals surface area contributed by atoms with Crippen molar-refractivity contribution < 1.29 is 39.2 Å². The molecule has 3 aromatic carbocycles. The average Bonchev–Trinajstić information content (AvgIpc) is 2.93. The number of hydrogen-bond donors (Lipinski definition) is 3. The third-order valence-electron chi connectivity index (χ3n) is 6.85. The maximum absolute atomic E-state index is 13.8. The molecule has 1 aliphatic rings. The minimum atomic E-state index is -1.59. The molecule has 0 aliphatic heterocycles. The maximum Gasteiger partial charge on any atom is 0.336 e. The maximum atomic E-state index is 13.8.